The normalized spacial score (nSPS) is 24.5. The Balaban J connectivity index is 2.05. The average molecular weight is 256 g/mol. The van der Waals surface area contributed by atoms with Gasteiger partial charge in [-0.1, -0.05) is 6.42 Å². The number of thioether (sulfide) groups is 1. The maximum Gasteiger partial charge on any atom is 0.342 e. The fourth-order valence-electron chi connectivity index (χ4n) is 2.13. The minimum atomic E-state index is -0.578. The van der Waals surface area contributed by atoms with E-state index in [1.807, 2.05) is 11.8 Å². The van der Waals surface area contributed by atoms with Gasteiger partial charge >= 0.3 is 5.69 Å². The molecule has 0 amide bonds. The van der Waals surface area contributed by atoms with Crippen LogP contribution in [0.5, 0.6) is 0 Å². The van der Waals surface area contributed by atoms with Crippen molar-refractivity contribution in [3.05, 3.63) is 20.8 Å². The molecule has 1 aromatic heterocycles. The summed E-state index contributed by atoms with van der Waals surface area (Å²) in [6.45, 7) is 0. The Hall–Kier alpha value is -1.24. The second-order valence-corrected chi connectivity index (χ2v) is 5.36. The van der Waals surface area contributed by atoms with Gasteiger partial charge in [-0.15, -0.1) is 5.10 Å². The Bertz CT molecular complexity index is 484. The monoisotopic (exact) mass is 256 g/mol. The minimum Gasteiger partial charge on any atom is -0.361 e. The zero-order chi connectivity index (χ0) is 12.3. The number of nitrogens with one attached hydrogen (secondary N) is 3. The summed E-state index contributed by atoms with van der Waals surface area (Å²) < 4.78 is 0. The van der Waals surface area contributed by atoms with Crippen LogP contribution in [0.3, 0.4) is 0 Å². The number of aromatic amines is 2. The van der Waals surface area contributed by atoms with Gasteiger partial charge in [-0.25, -0.2) is 9.89 Å². The highest BCUT2D eigenvalue weighted by atomic mass is 32.2. The summed E-state index contributed by atoms with van der Waals surface area (Å²) in [5.41, 5.74) is -1.04. The SMILES string of the molecule is CSC1CCCC(Nc2n[nH]c(=O)[nH]c2=O)C1. The van der Waals surface area contributed by atoms with Crippen molar-refractivity contribution < 1.29 is 0 Å². The van der Waals surface area contributed by atoms with Gasteiger partial charge in [0.2, 0.25) is 5.82 Å². The van der Waals surface area contributed by atoms with Crippen LogP contribution >= 0.6 is 11.8 Å². The standard InChI is InChI=1S/C10H16N4O2S/c1-17-7-4-2-3-6(5-7)11-8-9(15)12-10(16)14-13-8/h6-7H,2-5H2,1H3,(H,11,13)(H2,12,14,15,16). The van der Waals surface area contributed by atoms with Crippen LogP contribution in [0.2, 0.25) is 0 Å². The molecular weight excluding hydrogens is 240 g/mol. The van der Waals surface area contributed by atoms with Crippen molar-refractivity contribution in [2.24, 2.45) is 0 Å². The summed E-state index contributed by atoms with van der Waals surface area (Å²) in [6.07, 6.45) is 6.57. The van der Waals surface area contributed by atoms with Gasteiger partial charge in [0.05, 0.1) is 0 Å². The van der Waals surface area contributed by atoms with Crippen molar-refractivity contribution in [2.45, 2.75) is 37.0 Å². The largest absolute Gasteiger partial charge is 0.361 e. The van der Waals surface area contributed by atoms with E-state index in [2.05, 4.69) is 26.8 Å². The highest BCUT2D eigenvalue weighted by Crippen LogP contribution is 2.27. The maximum atomic E-state index is 11.5. The first-order chi connectivity index (χ1) is 8.19. The Morgan fingerprint density at radius 1 is 1.41 bits per heavy atom. The predicted octanol–water partition coefficient (Wildman–Crippen LogP) is 0.544. The molecule has 17 heavy (non-hydrogen) atoms. The van der Waals surface area contributed by atoms with Crippen LogP contribution < -0.4 is 16.6 Å². The number of hydrogen-bond donors (Lipinski definition) is 3. The average Bonchev–Trinajstić information content (AvgIpc) is 2.33. The first-order valence-corrected chi connectivity index (χ1v) is 6.96. The highest BCUT2D eigenvalue weighted by Gasteiger charge is 2.22. The first-order valence-electron chi connectivity index (χ1n) is 5.67. The summed E-state index contributed by atoms with van der Waals surface area (Å²) in [7, 11) is 0. The Labute approximate surface area is 103 Å². The summed E-state index contributed by atoms with van der Waals surface area (Å²) >= 11 is 1.86. The maximum absolute atomic E-state index is 11.5. The minimum absolute atomic E-state index is 0.205. The molecule has 0 spiro atoms. The van der Waals surface area contributed by atoms with Crippen LogP contribution in [0.4, 0.5) is 5.82 Å². The second kappa shape index (κ2) is 5.39. The van der Waals surface area contributed by atoms with Crippen LogP contribution in [0.25, 0.3) is 0 Å². The summed E-state index contributed by atoms with van der Waals surface area (Å²) in [5, 5.41) is 9.69. The topological polar surface area (TPSA) is 90.6 Å². The first kappa shape index (κ1) is 12.2. The highest BCUT2D eigenvalue weighted by molar-refractivity contribution is 7.99. The van der Waals surface area contributed by atoms with Crippen LogP contribution in [0, 0.1) is 0 Å². The molecule has 2 atom stereocenters. The van der Waals surface area contributed by atoms with Crippen molar-refractivity contribution in [2.75, 3.05) is 11.6 Å². The molecule has 0 aliphatic heterocycles. The van der Waals surface area contributed by atoms with Gasteiger partial charge in [0.25, 0.3) is 5.56 Å². The number of rotatable bonds is 3. The molecule has 1 saturated carbocycles. The van der Waals surface area contributed by atoms with Crippen molar-refractivity contribution in [1.29, 1.82) is 0 Å². The Morgan fingerprint density at radius 3 is 2.94 bits per heavy atom. The summed E-state index contributed by atoms with van der Waals surface area (Å²) in [4.78, 5) is 24.4. The molecule has 0 saturated heterocycles. The number of hydrogen-bond acceptors (Lipinski definition) is 5. The molecule has 94 valence electrons. The molecule has 1 aliphatic carbocycles. The molecule has 7 heteroatoms. The number of aromatic nitrogens is 3. The fourth-order valence-corrected chi connectivity index (χ4v) is 2.96. The van der Waals surface area contributed by atoms with Crippen LogP contribution in [-0.4, -0.2) is 32.7 Å². The van der Waals surface area contributed by atoms with E-state index in [1.165, 1.54) is 6.42 Å². The molecular formula is C10H16N4O2S. The van der Waals surface area contributed by atoms with E-state index in [0.29, 0.717) is 5.25 Å². The lowest BCUT2D eigenvalue weighted by molar-refractivity contribution is 0.471. The lowest BCUT2D eigenvalue weighted by Gasteiger charge is -2.28. The lowest BCUT2D eigenvalue weighted by Crippen LogP contribution is -2.34. The molecule has 6 nitrogen and oxygen atoms in total. The summed E-state index contributed by atoms with van der Waals surface area (Å²) in [6, 6.07) is 0.265. The molecule has 0 aromatic carbocycles. The van der Waals surface area contributed by atoms with Gasteiger partial charge < -0.3 is 5.32 Å². The molecule has 1 fully saturated rings. The lowest BCUT2D eigenvalue weighted by atomic mass is 9.95. The molecule has 0 bridgehead atoms. The molecule has 1 aromatic rings. The van der Waals surface area contributed by atoms with Crippen molar-refractivity contribution >= 4 is 17.6 Å². The van der Waals surface area contributed by atoms with Gasteiger partial charge in [0, 0.05) is 11.3 Å². The van der Waals surface area contributed by atoms with Crippen molar-refractivity contribution in [1.82, 2.24) is 15.2 Å². The van der Waals surface area contributed by atoms with E-state index < -0.39 is 11.2 Å². The number of nitrogens with zero attached hydrogens (tertiary/aromatic N) is 1. The Morgan fingerprint density at radius 2 is 2.24 bits per heavy atom. The van der Waals surface area contributed by atoms with E-state index in [0.717, 1.165) is 19.3 Å². The quantitative estimate of drug-likeness (QED) is 0.734. The third-order valence-electron chi connectivity index (χ3n) is 3.01. The van der Waals surface area contributed by atoms with E-state index in [-0.39, 0.29) is 11.9 Å². The predicted molar refractivity (Wildman–Crippen MR) is 68.7 cm³/mol. The van der Waals surface area contributed by atoms with Crippen LogP contribution in [0.1, 0.15) is 25.7 Å². The van der Waals surface area contributed by atoms with Gasteiger partial charge in [0.1, 0.15) is 0 Å². The van der Waals surface area contributed by atoms with Crippen LogP contribution in [-0.2, 0) is 0 Å². The molecule has 2 rings (SSSR count). The number of anilines is 1. The fraction of sp³-hybridized carbons (Fsp3) is 0.700. The van der Waals surface area contributed by atoms with E-state index in [4.69, 9.17) is 0 Å². The van der Waals surface area contributed by atoms with Gasteiger partial charge in [-0.05, 0) is 25.5 Å². The third kappa shape index (κ3) is 3.12. The Kier molecular flexibility index (Phi) is 3.88. The smallest absolute Gasteiger partial charge is 0.342 e. The molecule has 1 aliphatic rings. The molecule has 0 radical (unpaired) electrons. The molecule has 2 unspecified atom stereocenters. The third-order valence-corrected chi connectivity index (χ3v) is 4.11. The van der Waals surface area contributed by atoms with E-state index >= 15 is 0 Å². The van der Waals surface area contributed by atoms with Gasteiger partial charge in [0.15, 0.2) is 0 Å². The number of H-pyrrole nitrogens is 2. The zero-order valence-corrected chi connectivity index (χ0v) is 10.5. The van der Waals surface area contributed by atoms with E-state index in [9.17, 15) is 9.59 Å². The van der Waals surface area contributed by atoms with Gasteiger partial charge in [-0.2, -0.15) is 11.8 Å². The molecule has 3 N–H and O–H groups in total. The van der Waals surface area contributed by atoms with Crippen molar-refractivity contribution in [3.63, 3.8) is 0 Å². The molecule has 1 heterocycles. The van der Waals surface area contributed by atoms with E-state index in [1.54, 1.807) is 0 Å². The zero-order valence-electron chi connectivity index (χ0n) is 9.66. The van der Waals surface area contributed by atoms with Crippen molar-refractivity contribution in [3.8, 4) is 0 Å². The second-order valence-electron chi connectivity index (χ2n) is 4.22. The van der Waals surface area contributed by atoms with Crippen LogP contribution in [0.15, 0.2) is 9.59 Å². The summed E-state index contributed by atoms with van der Waals surface area (Å²) in [5.74, 6) is 0.205. The van der Waals surface area contributed by atoms with Gasteiger partial charge in [-0.3, -0.25) is 9.78 Å².